The number of nitrogens with two attached hydrogens (primary N) is 1. The van der Waals surface area contributed by atoms with E-state index in [1.54, 1.807) is 24.3 Å². The van der Waals surface area contributed by atoms with Crippen molar-refractivity contribution in [3.63, 3.8) is 0 Å². The van der Waals surface area contributed by atoms with Gasteiger partial charge in [-0.05, 0) is 42.2 Å². The quantitative estimate of drug-likeness (QED) is 0.667. The minimum Gasteiger partial charge on any atom is -0.483 e. The Hall–Kier alpha value is -2.86. The maximum absolute atomic E-state index is 12.4. The van der Waals surface area contributed by atoms with Gasteiger partial charge in [0, 0.05) is 13.1 Å². The lowest BCUT2D eigenvalue weighted by Gasteiger charge is -2.15. The Morgan fingerprint density at radius 3 is 2.59 bits per heavy atom. The number of anilines is 1. The summed E-state index contributed by atoms with van der Waals surface area (Å²) in [4.78, 5) is 24.5. The Balaban J connectivity index is 2.05. The van der Waals surface area contributed by atoms with Crippen LogP contribution in [0.1, 0.15) is 41.3 Å². The van der Waals surface area contributed by atoms with Crippen LogP contribution in [0.15, 0.2) is 42.5 Å². The van der Waals surface area contributed by atoms with Crippen LogP contribution in [0.2, 0.25) is 0 Å². The van der Waals surface area contributed by atoms with E-state index >= 15 is 0 Å². The van der Waals surface area contributed by atoms with Gasteiger partial charge >= 0.3 is 0 Å². The van der Waals surface area contributed by atoms with Gasteiger partial charge in [-0.2, -0.15) is 0 Å². The third-order valence-electron chi connectivity index (χ3n) is 4.03. The van der Waals surface area contributed by atoms with E-state index in [1.807, 2.05) is 25.1 Å². The highest BCUT2D eigenvalue weighted by atomic mass is 16.5. The average Bonchev–Trinajstić information content (AvgIpc) is 2.64. The Morgan fingerprint density at radius 2 is 1.89 bits per heavy atom. The normalized spacial score (nSPS) is 10.6. The molecule has 0 aromatic heterocycles. The van der Waals surface area contributed by atoms with E-state index in [0.717, 1.165) is 11.1 Å². The fourth-order valence-electron chi connectivity index (χ4n) is 2.64. The number of hydrogen-bond donors (Lipinski definition) is 3. The lowest BCUT2D eigenvalue weighted by Crippen LogP contribution is -2.30. The minimum absolute atomic E-state index is 0.137. The summed E-state index contributed by atoms with van der Waals surface area (Å²) in [5.41, 5.74) is 8.35. The summed E-state index contributed by atoms with van der Waals surface area (Å²) < 4.78 is 5.75. The molecule has 0 fully saturated rings. The molecule has 2 aromatic carbocycles. The second-order valence-electron chi connectivity index (χ2n) is 6.62. The van der Waals surface area contributed by atoms with Crippen molar-refractivity contribution in [3.8, 4) is 5.75 Å². The van der Waals surface area contributed by atoms with E-state index in [-0.39, 0.29) is 24.3 Å². The van der Waals surface area contributed by atoms with Gasteiger partial charge < -0.3 is 21.1 Å². The molecule has 0 heterocycles. The zero-order chi connectivity index (χ0) is 19.8. The predicted octanol–water partition coefficient (Wildman–Crippen LogP) is 2.82. The molecular weight excluding hydrogens is 342 g/mol. The van der Waals surface area contributed by atoms with E-state index in [1.165, 1.54) is 0 Å². The molecule has 2 amide bonds. The van der Waals surface area contributed by atoms with E-state index in [0.29, 0.717) is 30.1 Å². The molecule has 6 heteroatoms. The summed E-state index contributed by atoms with van der Waals surface area (Å²) in [5.74, 6) is 0.382. The Kier molecular flexibility index (Phi) is 7.37. The van der Waals surface area contributed by atoms with Crippen LogP contribution in [-0.2, 0) is 4.79 Å². The van der Waals surface area contributed by atoms with Crippen LogP contribution in [0.4, 0.5) is 5.69 Å². The second-order valence-corrected chi connectivity index (χ2v) is 6.62. The number of rotatable bonds is 8. The summed E-state index contributed by atoms with van der Waals surface area (Å²) in [6.07, 6.45) is 0. The molecule has 0 saturated carbocycles. The largest absolute Gasteiger partial charge is 0.483 e. The molecular formula is C21H27N3O3. The number of benzene rings is 2. The molecule has 2 rings (SSSR count). The molecule has 4 N–H and O–H groups in total. The van der Waals surface area contributed by atoms with Crippen molar-refractivity contribution >= 4 is 17.5 Å². The minimum atomic E-state index is -0.328. The molecule has 0 aliphatic rings. The van der Waals surface area contributed by atoms with Gasteiger partial charge in [0.2, 0.25) is 0 Å². The molecule has 2 aromatic rings. The van der Waals surface area contributed by atoms with Gasteiger partial charge in [0.25, 0.3) is 11.8 Å². The first-order valence-electron chi connectivity index (χ1n) is 9.03. The Morgan fingerprint density at radius 1 is 1.15 bits per heavy atom. The molecule has 27 heavy (non-hydrogen) atoms. The number of amides is 2. The van der Waals surface area contributed by atoms with Gasteiger partial charge in [0.05, 0.1) is 11.3 Å². The van der Waals surface area contributed by atoms with Crippen LogP contribution < -0.4 is 21.1 Å². The summed E-state index contributed by atoms with van der Waals surface area (Å²) in [5, 5.41) is 5.45. The van der Waals surface area contributed by atoms with Gasteiger partial charge in [-0.1, -0.05) is 38.1 Å². The topological polar surface area (TPSA) is 93.4 Å². The predicted molar refractivity (Wildman–Crippen MR) is 107 cm³/mol. The fraction of sp³-hybridized carbons (Fsp3) is 0.333. The number of aryl methyl sites for hydroxylation is 1. The third-order valence-corrected chi connectivity index (χ3v) is 4.03. The monoisotopic (exact) mass is 369 g/mol. The van der Waals surface area contributed by atoms with Crippen molar-refractivity contribution in [1.29, 1.82) is 0 Å². The SMILES string of the molecule is Cc1ccc(C(C)C)c(OCC(=O)Nc2ccccc2C(=O)NCCN)c1. The second kappa shape index (κ2) is 9.73. The fourth-order valence-corrected chi connectivity index (χ4v) is 2.64. The summed E-state index contributed by atoms with van der Waals surface area (Å²) in [7, 11) is 0. The highest BCUT2D eigenvalue weighted by Crippen LogP contribution is 2.27. The van der Waals surface area contributed by atoms with Gasteiger partial charge in [0.15, 0.2) is 6.61 Å². The number of nitrogens with one attached hydrogen (secondary N) is 2. The van der Waals surface area contributed by atoms with E-state index in [4.69, 9.17) is 10.5 Å². The molecule has 6 nitrogen and oxygen atoms in total. The maximum atomic E-state index is 12.4. The van der Waals surface area contributed by atoms with Crippen LogP contribution in [0.25, 0.3) is 0 Å². The lowest BCUT2D eigenvalue weighted by atomic mass is 10.0. The van der Waals surface area contributed by atoms with Crippen molar-refractivity contribution in [2.45, 2.75) is 26.7 Å². The number of carbonyl (C=O) groups excluding carboxylic acids is 2. The van der Waals surface area contributed by atoms with Crippen LogP contribution in [-0.4, -0.2) is 31.5 Å². The van der Waals surface area contributed by atoms with Crippen LogP contribution in [0, 0.1) is 6.92 Å². The molecule has 0 saturated heterocycles. The number of carbonyl (C=O) groups is 2. The molecule has 0 bridgehead atoms. The Labute approximate surface area is 160 Å². The lowest BCUT2D eigenvalue weighted by molar-refractivity contribution is -0.118. The molecule has 0 aliphatic carbocycles. The van der Waals surface area contributed by atoms with Crippen LogP contribution >= 0.6 is 0 Å². The molecule has 0 radical (unpaired) electrons. The van der Waals surface area contributed by atoms with Crippen molar-refractivity contribution in [2.24, 2.45) is 5.73 Å². The van der Waals surface area contributed by atoms with Crippen molar-refractivity contribution < 1.29 is 14.3 Å². The van der Waals surface area contributed by atoms with Gasteiger partial charge in [-0.3, -0.25) is 9.59 Å². The highest BCUT2D eigenvalue weighted by molar-refractivity contribution is 6.04. The maximum Gasteiger partial charge on any atom is 0.262 e. The van der Waals surface area contributed by atoms with Crippen molar-refractivity contribution in [3.05, 3.63) is 59.2 Å². The summed E-state index contributed by atoms with van der Waals surface area (Å²) in [6, 6.07) is 12.8. The zero-order valence-corrected chi connectivity index (χ0v) is 16.0. The van der Waals surface area contributed by atoms with E-state index in [2.05, 4.69) is 24.5 Å². The summed E-state index contributed by atoms with van der Waals surface area (Å²) >= 11 is 0. The number of para-hydroxylation sites is 1. The van der Waals surface area contributed by atoms with E-state index < -0.39 is 0 Å². The Bertz CT molecular complexity index is 803. The average molecular weight is 369 g/mol. The van der Waals surface area contributed by atoms with Gasteiger partial charge in [-0.25, -0.2) is 0 Å². The molecule has 0 aliphatic heterocycles. The third kappa shape index (κ3) is 5.82. The van der Waals surface area contributed by atoms with Crippen molar-refractivity contribution in [2.75, 3.05) is 25.0 Å². The van der Waals surface area contributed by atoms with Gasteiger partial charge in [0.1, 0.15) is 5.75 Å². The van der Waals surface area contributed by atoms with Crippen molar-refractivity contribution in [1.82, 2.24) is 5.32 Å². The van der Waals surface area contributed by atoms with E-state index in [9.17, 15) is 9.59 Å². The zero-order valence-electron chi connectivity index (χ0n) is 16.0. The first kappa shape index (κ1) is 20.5. The highest BCUT2D eigenvalue weighted by Gasteiger charge is 2.14. The first-order chi connectivity index (χ1) is 12.9. The molecule has 0 atom stereocenters. The number of hydrogen-bond acceptors (Lipinski definition) is 4. The van der Waals surface area contributed by atoms with Crippen LogP contribution in [0.3, 0.4) is 0 Å². The van der Waals surface area contributed by atoms with Crippen LogP contribution in [0.5, 0.6) is 5.75 Å². The molecule has 0 spiro atoms. The number of ether oxygens (including phenoxy) is 1. The first-order valence-corrected chi connectivity index (χ1v) is 9.03. The van der Waals surface area contributed by atoms with Gasteiger partial charge in [-0.15, -0.1) is 0 Å². The molecule has 144 valence electrons. The smallest absolute Gasteiger partial charge is 0.262 e. The molecule has 0 unspecified atom stereocenters. The summed E-state index contributed by atoms with van der Waals surface area (Å²) in [6.45, 7) is 6.72. The standard InChI is InChI=1S/C21H27N3O3/c1-14(2)16-9-8-15(3)12-19(16)27-13-20(25)24-18-7-5-4-6-17(18)21(26)23-11-10-22/h4-9,12,14H,10-11,13,22H2,1-3H3,(H,23,26)(H,24,25).